The van der Waals surface area contributed by atoms with Gasteiger partial charge in [0.15, 0.2) is 5.96 Å². The van der Waals surface area contributed by atoms with E-state index in [9.17, 15) is 0 Å². The first-order chi connectivity index (χ1) is 11.4. The van der Waals surface area contributed by atoms with Crippen LogP contribution in [0.4, 0.5) is 0 Å². The zero-order chi connectivity index (χ0) is 15.9. The Labute approximate surface area is 160 Å². The van der Waals surface area contributed by atoms with E-state index >= 15 is 0 Å². The smallest absolute Gasteiger partial charge is 0.191 e. The number of ether oxygens (including phenoxy) is 1. The van der Waals surface area contributed by atoms with Gasteiger partial charge in [-0.1, -0.05) is 18.2 Å². The third-order valence-corrected chi connectivity index (χ3v) is 4.18. The van der Waals surface area contributed by atoms with E-state index in [0.29, 0.717) is 6.10 Å². The van der Waals surface area contributed by atoms with Crippen molar-refractivity contribution in [2.45, 2.75) is 32.3 Å². The zero-order valence-electron chi connectivity index (χ0n) is 14.2. The number of rotatable bonds is 6. The van der Waals surface area contributed by atoms with E-state index in [0.717, 1.165) is 51.5 Å². The number of halogens is 1. The highest BCUT2D eigenvalue weighted by molar-refractivity contribution is 14.0. The highest BCUT2D eigenvalue weighted by atomic mass is 127. The maximum absolute atomic E-state index is 5.63. The minimum absolute atomic E-state index is 0. The van der Waals surface area contributed by atoms with Gasteiger partial charge in [0.05, 0.1) is 12.6 Å². The van der Waals surface area contributed by atoms with Crippen LogP contribution in [0.3, 0.4) is 0 Å². The monoisotopic (exact) mass is 442 g/mol. The van der Waals surface area contributed by atoms with Crippen LogP contribution in [0.15, 0.2) is 35.5 Å². The van der Waals surface area contributed by atoms with Crippen LogP contribution in [-0.2, 0) is 11.2 Å². The van der Waals surface area contributed by atoms with Gasteiger partial charge in [-0.2, -0.15) is 0 Å². The predicted octanol–water partition coefficient (Wildman–Crippen LogP) is 3.06. The summed E-state index contributed by atoms with van der Waals surface area (Å²) in [6.45, 7) is 5.43. The fourth-order valence-corrected chi connectivity index (χ4v) is 2.98. The number of hydrogen-bond donors (Lipinski definition) is 3. The number of nitrogens with one attached hydrogen (secondary N) is 3. The number of hydrogen-bond acceptors (Lipinski definition) is 2. The number of fused-ring (bicyclic) bond motifs is 1. The van der Waals surface area contributed by atoms with E-state index in [1.807, 2.05) is 0 Å². The van der Waals surface area contributed by atoms with E-state index < -0.39 is 0 Å². The van der Waals surface area contributed by atoms with Crippen LogP contribution in [0, 0.1) is 0 Å². The van der Waals surface area contributed by atoms with Crippen LogP contribution in [0.2, 0.25) is 0 Å². The second-order valence-corrected chi connectivity index (χ2v) is 5.89. The van der Waals surface area contributed by atoms with E-state index in [1.165, 1.54) is 16.5 Å². The Morgan fingerprint density at radius 1 is 1.33 bits per heavy atom. The maximum atomic E-state index is 5.63. The van der Waals surface area contributed by atoms with Crippen LogP contribution in [0.1, 0.15) is 25.3 Å². The molecule has 1 fully saturated rings. The molecule has 3 N–H and O–H groups in total. The standard InChI is InChI=1S/C18H26N4O.HI/c1-2-19-18(22-13-15-6-5-11-23-15)20-10-9-14-12-21-17-8-4-3-7-16(14)17;/h3-4,7-8,12,15,21H,2,5-6,9-11,13H2,1H3,(H2,19,20,22);1H. The molecule has 2 heterocycles. The summed E-state index contributed by atoms with van der Waals surface area (Å²) < 4.78 is 5.63. The molecule has 5 nitrogen and oxygen atoms in total. The first-order valence-electron chi connectivity index (χ1n) is 8.55. The number of guanidine groups is 1. The quantitative estimate of drug-likeness (QED) is 0.366. The van der Waals surface area contributed by atoms with E-state index in [2.05, 4.69) is 58.0 Å². The fourth-order valence-electron chi connectivity index (χ4n) is 2.98. The summed E-state index contributed by atoms with van der Waals surface area (Å²) in [5, 5.41) is 8.02. The molecule has 1 unspecified atom stereocenters. The first-order valence-corrected chi connectivity index (χ1v) is 8.55. The Morgan fingerprint density at radius 3 is 3.00 bits per heavy atom. The molecule has 2 aromatic rings. The number of H-pyrrole nitrogens is 1. The summed E-state index contributed by atoms with van der Waals surface area (Å²) in [4.78, 5) is 7.96. The average Bonchev–Trinajstić information content (AvgIpc) is 3.22. The molecule has 1 aliphatic rings. The topological polar surface area (TPSA) is 61.4 Å². The summed E-state index contributed by atoms with van der Waals surface area (Å²) >= 11 is 0. The van der Waals surface area contributed by atoms with Crippen molar-refractivity contribution >= 4 is 40.8 Å². The largest absolute Gasteiger partial charge is 0.376 e. The van der Waals surface area contributed by atoms with Crippen LogP contribution >= 0.6 is 24.0 Å². The summed E-state index contributed by atoms with van der Waals surface area (Å²) in [5.41, 5.74) is 2.53. The van der Waals surface area contributed by atoms with Gasteiger partial charge in [-0.05, 0) is 37.8 Å². The molecular weight excluding hydrogens is 415 g/mol. The van der Waals surface area contributed by atoms with Crippen molar-refractivity contribution in [2.75, 3.05) is 26.2 Å². The number of aliphatic imine (C=N–C) groups is 1. The molecule has 1 saturated heterocycles. The Hall–Kier alpha value is -1.28. The highest BCUT2D eigenvalue weighted by Gasteiger charge is 2.14. The molecule has 132 valence electrons. The number of aromatic amines is 1. The van der Waals surface area contributed by atoms with Crippen molar-refractivity contribution in [1.82, 2.24) is 15.6 Å². The second-order valence-electron chi connectivity index (χ2n) is 5.89. The molecular formula is C18H27IN4O. The van der Waals surface area contributed by atoms with E-state index in [1.54, 1.807) is 0 Å². The van der Waals surface area contributed by atoms with Gasteiger partial charge in [0.1, 0.15) is 0 Å². The molecule has 1 atom stereocenters. The van der Waals surface area contributed by atoms with Gasteiger partial charge in [0.25, 0.3) is 0 Å². The summed E-state index contributed by atoms with van der Waals surface area (Å²) in [6.07, 6.45) is 5.64. The zero-order valence-corrected chi connectivity index (χ0v) is 16.5. The normalized spacial score (nSPS) is 17.7. The summed E-state index contributed by atoms with van der Waals surface area (Å²) in [5.74, 6) is 0.878. The van der Waals surface area contributed by atoms with Crippen LogP contribution in [0.5, 0.6) is 0 Å². The Morgan fingerprint density at radius 2 is 2.21 bits per heavy atom. The minimum Gasteiger partial charge on any atom is -0.376 e. The van der Waals surface area contributed by atoms with Crippen LogP contribution < -0.4 is 10.6 Å². The number of para-hydroxylation sites is 1. The molecule has 1 aromatic carbocycles. The SMILES string of the molecule is CCNC(=NCC1CCCO1)NCCc1c[nH]c2ccccc12.I. The Bertz CT molecular complexity index is 649. The lowest BCUT2D eigenvalue weighted by Crippen LogP contribution is -2.38. The van der Waals surface area contributed by atoms with Gasteiger partial charge < -0.3 is 20.4 Å². The molecule has 6 heteroatoms. The Kier molecular flexibility index (Phi) is 7.84. The highest BCUT2D eigenvalue weighted by Crippen LogP contribution is 2.17. The summed E-state index contributed by atoms with van der Waals surface area (Å²) in [7, 11) is 0. The van der Waals surface area contributed by atoms with Gasteiger partial charge in [-0.3, -0.25) is 4.99 Å². The number of aromatic nitrogens is 1. The number of nitrogens with zero attached hydrogens (tertiary/aromatic N) is 1. The second kappa shape index (κ2) is 9.88. The minimum atomic E-state index is 0. The molecule has 0 saturated carbocycles. The van der Waals surface area contributed by atoms with Crippen molar-refractivity contribution in [3.63, 3.8) is 0 Å². The predicted molar refractivity (Wildman–Crippen MR) is 110 cm³/mol. The molecule has 0 amide bonds. The third-order valence-electron chi connectivity index (χ3n) is 4.18. The third kappa shape index (κ3) is 5.11. The molecule has 3 rings (SSSR count). The maximum Gasteiger partial charge on any atom is 0.191 e. The van der Waals surface area contributed by atoms with Crippen molar-refractivity contribution in [2.24, 2.45) is 4.99 Å². The fraction of sp³-hybridized carbons (Fsp3) is 0.500. The van der Waals surface area contributed by atoms with Gasteiger partial charge in [-0.15, -0.1) is 24.0 Å². The lowest BCUT2D eigenvalue weighted by molar-refractivity contribution is 0.117. The molecule has 0 aliphatic carbocycles. The van der Waals surface area contributed by atoms with Crippen molar-refractivity contribution < 1.29 is 4.74 Å². The van der Waals surface area contributed by atoms with E-state index in [-0.39, 0.29) is 24.0 Å². The lowest BCUT2D eigenvalue weighted by atomic mass is 10.1. The van der Waals surface area contributed by atoms with Gasteiger partial charge in [-0.25, -0.2) is 0 Å². The van der Waals surface area contributed by atoms with Crippen molar-refractivity contribution in [1.29, 1.82) is 0 Å². The summed E-state index contributed by atoms with van der Waals surface area (Å²) in [6, 6.07) is 8.42. The molecule has 0 spiro atoms. The number of benzene rings is 1. The van der Waals surface area contributed by atoms with Crippen molar-refractivity contribution in [3.05, 3.63) is 36.0 Å². The Balaban J connectivity index is 0.00000208. The van der Waals surface area contributed by atoms with Crippen molar-refractivity contribution in [3.8, 4) is 0 Å². The lowest BCUT2D eigenvalue weighted by Gasteiger charge is -2.12. The molecule has 0 bridgehead atoms. The van der Waals surface area contributed by atoms with E-state index in [4.69, 9.17) is 4.74 Å². The van der Waals surface area contributed by atoms with Gasteiger partial charge in [0, 0.05) is 36.8 Å². The molecule has 1 aromatic heterocycles. The van der Waals surface area contributed by atoms with Gasteiger partial charge >= 0.3 is 0 Å². The molecule has 24 heavy (non-hydrogen) atoms. The average molecular weight is 442 g/mol. The van der Waals surface area contributed by atoms with Crippen LogP contribution in [-0.4, -0.2) is 43.3 Å². The molecule has 0 radical (unpaired) electrons. The molecule has 1 aliphatic heterocycles. The van der Waals surface area contributed by atoms with Gasteiger partial charge in [0.2, 0.25) is 0 Å². The van der Waals surface area contributed by atoms with Crippen LogP contribution in [0.25, 0.3) is 10.9 Å². The first kappa shape index (κ1) is 19.1.